The zero-order valence-corrected chi connectivity index (χ0v) is 17.2. The summed E-state index contributed by atoms with van der Waals surface area (Å²) in [7, 11) is 1.26. The van der Waals surface area contributed by atoms with E-state index in [1.165, 1.54) is 13.2 Å². The Morgan fingerprint density at radius 1 is 1.17 bits per heavy atom. The van der Waals surface area contributed by atoms with Crippen molar-refractivity contribution in [1.29, 1.82) is 0 Å². The summed E-state index contributed by atoms with van der Waals surface area (Å²) in [6.07, 6.45) is 0.304. The molecule has 1 aliphatic heterocycles. The Morgan fingerprint density at radius 2 is 1.87 bits per heavy atom. The minimum atomic E-state index is -1.26. The van der Waals surface area contributed by atoms with Crippen molar-refractivity contribution in [2.75, 3.05) is 19.0 Å². The van der Waals surface area contributed by atoms with Gasteiger partial charge < -0.3 is 15.4 Å². The van der Waals surface area contributed by atoms with Crippen LogP contribution in [0.4, 0.5) is 10.5 Å². The number of carbonyl (C=O) groups is 4. The molecule has 2 aromatic rings. The van der Waals surface area contributed by atoms with E-state index in [1.54, 1.807) is 49.4 Å². The molecule has 3 rings (SSSR count). The molecule has 0 saturated carbocycles. The summed E-state index contributed by atoms with van der Waals surface area (Å²) in [4.78, 5) is 50.6. The number of urea groups is 1. The van der Waals surface area contributed by atoms with Crippen LogP contribution >= 0.6 is 11.6 Å². The molecule has 2 N–H and O–H groups in total. The van der Waals surface area contributed by atoms with E-state index in [4.69, 9.17) is 11.6 Å². The highest BCUT2D eigenvalue weighted by molar-refractivity contribution is 6.30. The average Bonchev–Trinajstić information content (AvgIpc) is 2.99. The van der Waals surface area contributed by atoms with E-state index in [2.05, 4.69) is 15.4 Å². The molecule has 1 fully saturated rings. The van der Waals surface area contributed by atoms with Crippen molar-refractivity contribution >= 4 is 41.1 Å². The number of hydrogen-bond donors (Lipinski definition) is 2. The number of imide groups is 1. The van der Waals surface area contributed by atoms with Crippen LogP contribution in [0.25, 0.3) is 0 Å². The molecular weight excluding hydrogens is 410 g/mol. The van der Waals surface area contributed by atoms with Crippen molar-refractivity contribution in [2.24, 2.45) is 0 Å². The first-order valence-corrected chi connectivity index (χ1v) is 9.57. The van der Waals surface area contributed by atoms with Crippen LogP contribution in [0, 0.1) is 0 Å². The molecule has 30 heavy (non-hydrogen) atoms. The highest BCUT2D eigenvalue weighted by Gasteiger charge is 2.51. The maximum atomic E-state index is 13.1. The van der Waals surface area contributed by atoms with Crippen LogP contribution in [0.5, 0.6) is 0 Å². The smallest absolute Gasteiger partial charge is 0.337 e. The predicted octanol–water partition coefficient (Wildman–Crippen LogP) is 2.92. The van der Waals surface area contributed by atoms with Gasteiger partial charge in [-0.25, -0.2) is 9.59 Å². The van der Waals surface area contributed by atoms with E-state index in [0.717, 1.165) is 4.90 Å². The second-order valence-corrected chi connectivity index (χ2v) is 7.14. The minimum absolute atomic E-state index is 0.262. The Balaban J connectivity index is 1.76. The fourth-order valence-electron chi connectivity index (χ4n) is 3.33. The Bertz CT molecular complexity index is 1010. The highest BCUT2D eigenvalue weighted by atomic mass is 35.5. The SMILES string of the molecule is CCC1(c2ccc(Cl)cc2)NC(=O)N(CC(=O)Nc2cccc(C(=O)OC)c2)C1=O. The molecule has 1 atom stereocenters. The number of nitrogens with zero attached hydrogens (tertiary/aromatic N) is 1. The predicted molar refractivity (Wildman–Crippen MR) is 110 cm³/mol. The molecule has 1 aliphatic rings. The van der Waals surface area contributed by atoms with E-state index < -0.39 is 35.9 Å². The quantitative estimate of drug-likeness (QED) is 0.542. The monoisotopic (exact) mass is 429 g/mol. The summed E-state index contributed by atoms with van der Waals surface area (Å²) in [6, 6.07) is 12.1. The molecule has 0 aliphatic carbocycles. The third kappa shape index (κ3) is 3.99. The zero-order chi connectivity index (χ0) is 21.9. The lowest BCUT2D eigenvalue weighted by molar-refractivity contribution is -0.134. The third-order valence-corrected chi connectivity index (χ3v) is 5.16. The molecule has 4 amide bonds. The lowest BCUT2D eigenvalue weighted by Crippen LogP contribution is -2.44. The molecule has 1 heterocycles. The van der Waals surface area contributed by atoms with E-state index in [0.29, 0.717) is 22.7 Å². The van der Waals surface area contributed by atoms with Crippen molar-refractivity contribution in [1.82, 2.24) is 10.2 Å². The second-order valence-electron chi connectivity index (χ2n) is 6.71. The Labute approximate surface area is 178 Å². The number of nitrogens with one attached hydrogen (secondary N) is 2. The summed E-state index contributed by atoms with van der Waals surface area (Å²) in [5.41, 5.74) is -0.0684. The fraction of sp³-hybridized carbons (Fsp3) is 0.238. The summed E-state index contributed by atoms with van der Waals surface area (Å²) in [5, 5.41) is 5.80. The van der Waals surface area contributed by atoms with Gasteiger partial charge in [0.15, 0.2) is 0 Å². The van der Waals surface area contributed by atoms with Crippen LogP contribution in [0.15, 0.2) is 48.5 Å². The first-order chi connectivity index (χ1) is 14.3. The maximum Gasteiger partial charge on any atom is 0.337 e. The number of ether oxygens (including phenoxy) is 1. The molecule has 0 spiro atoms. The van der Waals surface area contributed by atoms with Gasteiger partial charge in [-0.3, -0.25) is 14.5 Å². The number of amides is 4. The number of carbonyl (C=O) groups excluding carboxylic acids is 4. The summed E-state index contributed by atoms with van der Waals surface area (Å²) in [6.45, 7) is 1.30. The minimum Gasteiger partial charge on any atom is -0.465 e. The summed E-state index contributed by atoms with van der Waals surface area (Å²) >= 11 is 5.92. The van der Waals surface area contributed by atoms with E-state index in [-0.39, 0.29) is 5.56 Å². The largest absolute Gasteiger partial charge is 0.465 e. The van der Waals surface area contributed by atoms with Gasteiger partial charge in [0, 0.05) is 10.7 Å². The van der Waals surface area contributed by atoms with Crippen LogP contribution in [-0.2, 0) is 19.9 Å². The summed E-state index contributed by atoms with van der Waals surface area (Å²) in [5.74, 6) is -1.64. The molecule has 9 heteroatoms. The Kier molecular flexibility index (Phi) is 6.07. The lowest BCUT2D eigenvalue weighted by atomic mass is 9.87. The van der Waals surface area contributed by atoms with Crippen LogP contribution in [0.3, 0.4) is 0 Å². The van der Waals surface area contributed by atoms with Gasteiger partial charge in [-0.1, -0.05) is 36.7 Å². The van der Waals surface area contributed by atoms with Crippen LogP contribution in [0.1, 0.15) is 29.3 Å². The standard InChI is InChI=1S/C21H20ClN3O5/c1-3-21(14-7-9-15(22)10-8-14)19(28)25(20(29)24-21)12-17(26)23-16-6-4-5-13(11-16)18(27)30-2/h4-11H,3,12H2,1-2H3,(H,23,26)(H,24,29). The van der Waals surface area contributed by atoms with E-state index in [9.17, 15) is 19.2 Å². The topological polar surface area (TPSA) is 105 Å². The van der Waals surface area contributed by atoms with Gasteiger partial charge >= 0.3 is 12.0 Å². The third-order valence-electron chi connectivity index (χ3n) is 4.91. The first-order valence-electron chi connectivity index (χ1n) is 9.19. The van der Waals surface area contributed by atoms with Gasteiger partial charge in [-0.15, -0.1) is 0 Å². The first kappa shape index (κ1) is 21.3. The number of rotatable bonds is 6. The number of halogens is 1. The van der Waals surface area contributed by atoms with Gasteiger partial charge in [0.1, 0.15) is 12.1 Å². The van der Waals surface area contributed by atoms with Gasteiger partial charge in [0.05, 0.1) is 12.7 Å². The van der Waals surface area contributed by atoms with Crippen molar-refractivity contribution < 1.29 is 23.9 Å². The van der Waals surface area contributed by atoms with Gasteiger partial charge in [0.2, 0.25) is 5.91 Å². The van der Waals surface area contributed by atoms with E-state index in [1.807, 2.05) is 0 Å². The molecule has 1 unspecified atom stereocenters. The van der Waals surface area contributed by atoms with Crippen molar-refractivity contribution in [2.45, 2.75) is 18.9 Å². The van der Waals surface area contributed by atoms with Crippen molar-refractivity contribution in [3.8, 4) is 0 Å². The maximum absolute atomic E-state index is 13.1. The Morgan fingerprint density at radius 3 is 2.50 bits per heavy atom. The number of benzene rings is 2. The highest BCUT2D eigenvalue weighted by Crippen LogP contribution is 2.33. The molecule has 1 saturated heterocycles. The van der Waals surface area contributed by atoms with Gasteiger partial charge in [0.25, 0.3) is 5.91 Å². The molecule has 156 valence electrons. The molecular formula is C21H20ClN3O5. The molecule has 2 aromatic carbocycles. The number of methoxy groups -OCH3 is 1. The van der Waals surface area contributed by atoms with Gasteiger partial charge in [-0.2, -0.15) is 0 Å². The van der Waals surface area contributed by atoms with Crippen LogP contribution < -0.4 is 10.6 Å². The molecule has 0 radical (unpaired) electrons. The number of hydrogen-bond acceptors (Lipinski definition) is 5. The van der Waals surface area contributed by atoms with Crippen LogP contribution in [-0.4, -0.2) is 42.4 Å². The number of esters is 1. The van der Waals surface area contributed by atoms with Crippen molar-refractivity contribution in [3.05, 3.63) is 64.7 Å². The summed E-state index contributed by atoms with van der Waals surface area (Å²) < 4.78 is 4.65. The lowest BCUT2D eigenvalue weighted by Gasteiger charge is -2.25. The number of anilines is 1. The van der Waals surface area contributed by atoms with Crippen LogP contribution in [0.2, 0.25) is 5.02 Å². The molecule has 8 nitrogen and oxygen atoms in total. The fourth-order valence-corrected chi connectivity index (χ4v) is 3.46. The second kappa shape index (κ2) is 8.54. The molecule has 0 bridgehead atoms. The zero-order valence-electron chi connectivity index (χ0n) is 16.4. The molecule has 0 aromatic heterocycles. The normalized spacial score (nSPS) is 18.2. The average molecular weight is 430 g/mol. The Hall–Kier alpha value is -3.39. The van der Waals surface area contributed by atoms with E-state index >= 15 is 0 Å². The van der Waals surface area contributed by atoms with Crippen molar-refractivity contribution in [3.63, 3.8) is 0 Å². The van der Waals surface area contributed by atoms with Gasteiger partial charge in [-0.05, 0) is 42.3 Å².